The van der Waals surface area contributed by atoms with Crippen LogP contribution in [-0.4, -0.2) is 36.5 Å². The highest BCUT2D eigenvalue weighted by molar-refractivity contribution is 6.12. The summed E-state index contributed by atoms with van der Waals surface area (Å²) in [6, 6.07) is 10.3. The maximum Gasteiger partial charge on any atom is 0.417 e. The van der Waals surface area contributed by atoms with Gasteiger partial charge in [-0.3, -0.25) is 14.6 Å². The number of urea groups is 1. The van der Waals surface area contributed by atoms with E-state index in [0.717, 1.165) is 5.56 Å². The van der Waals surface area contributed by atoms with Crippen LogP contribution < -0.4 is 15.3 Å². The summed E-state index contributed by atoms with van der Waals surface area (Å²) in [5.41, 5.74) is -0.0784. The molecule has 1 aliphatic rings. The van der Waals surface area contributed by atoms with Gasteiger partial charge in [-0.05, 0) is 62.4 Å². The topological polar surface area (TPSA) is 80.1 Å². The molecular weight excluding hydrogens is 501 g/mol. The summed E-state index contributed by atoms with van der Waals surface area (Å²) in [5, 5.41) is -0.174. The van der Waals surface area contributed by atoms with Crippen LogP contribution in [0.1, 0.15) is 49.3 Å². The number of carbonyl (C=O) groups is 2. The number of rotatable bonds is 10. The molecule has 0 bridgehead atoms. The second kappa shape index (κ2) is 11.3. The zero-order valence-corrected chi connectivity index (χ0v) is 21.3. The van der Waals surface area contributed by atoms with E-state index in [1.807, 2.05) is 32.0 Å². The Morgan fingerprint density at radius 1 is 1.03 bits per heavy atom. The van der Waals surface area contributed by atoms with Gasteiger partial charge in [0.15, 0.2) is 0 Å². The number of halogens is 3. The van der Waals surface area contributed by atoms with Crippen LogP contribution in [0.15, 0.2) is 51.7 Å². The van der Waals surface area contributed by atoms with Crippen LogP contribution in [-0.2, 0) is 17.4 Å². The Labute approximate surface area is 217 Å². The Morgan fingerprint density at radius 2 is 1.82 bits per heavy atom. The van der Waals surface area contributed by atoms with E-state index >= 15 is 0 Å². The van der Waals surface area contributed by atoms with Crippen molar-refractivity contribution in [2.75, 3.05) is 24.6 Å². The van der Waals surface area contributed by atoms with Gasteiger partial charge >= 0.3 is 17.8 Å². The fraction of sp³-hybridized carbons (Fsp3) is 0.393. The smallest absolute Gasteiger partial charge is 0.417 e. The number of unbranched alkanes of at least 4 members (excludes halogenated alkanes) is 2. The average Bonchev–Trinajstić information content (AvgIpc) is 3.14. The fourth-order valence-corrected chi connectivity index (χ4v) is 4.61. The van der Waals surface area contributed by atoms with E-state index in [4.69, 9.17) is 9.15 Å². The molecule has 4 rings (SSSR count). The minimum Gasteiger partial charge on any atom is -0.493 e. The minimum absolute atomic E-state index is 0.0136. The Bertz CT molecular complexity index is 1400. The van der Waals surface area contributed by atoms with Crippen molar-refractivity contribution in [1.29, 1.82) is 0 Å². The molecule has 1 saturated heterocycles. The summed E-state index contributed by atoms with van der Waals surface area (Å²) in [6.45, 7) is 4.38. The van der Waals surface area contributed by atoms with Gasteiger partial charge in [-0.25, -0.2) is 9.59 Å². The maximum atomic E-state index is 13.5. The molecule has 0 saturated carbocycles. The molecule has 0 spiro atoms. The Kier molecular flexibility index (Phi) is 8.08. The van der Waals surface area contributed by atoms with Crippen LogP contribution in [0, 0.1) is 6.92 Å². The fourth-order valence-electron chi connectivity index (χ4n) is 4.61. The third kappa shape index (κ3) is 5.84. The molecule has 1 aliphatic heterocycles. The molecule has 3 amide bonds. The molecular formula is C28H29F3N2O5. The molecule has 7 nitrogen and oxygen atoms in total. The second-order valence-corrected chi connectivity index (χ2v) is 9.31. The average molecular weight is 531 g/mol. The highest BCUT2D eigenvalue weighted by Gasteiger charge is 2.36. The van der Waals surface area contributed by atoms with Gasteiger partial charge in [0.2, 0.25) is 0 Å². The van der Waals surface area contributed by atoms with Gasteiger partial charge in [0.1, 0.15) is 17.9 Å². The lowest BCUT2D eigenvalue weighted by Crippen LogP contribution is -2.33. The van der Waals surface area contributed by atoms with Crippen molar-refractivity contribution < 1.29 is 31.9 Å². The van der Waals surface area contributed by atoms with E-state index in [0.29, 0.717) is 61.7 Å². The van der Waals surface area contributed by atoms with Crippen molar-refractivity contribution in [3.63, 3.8) is 0 Å². The molecule has 38 heavy (non-hydrogen) atoms. The quantitative estimate of drug-likeness (QED) is 0.180. The Balaban J connectivity index is 1.35. The second-order valence-electron chi connectivity index (χ2n) is 9.31. The van der Waals surface area contributed by atoms with Gasteiger partial charge in [0.25, 0.3) is 5.91 Å². The van der Waals surface area contributed by atoms with Crippen molar-refractivity contribution in [2.45, 2.75) is 52.1 Å². The molecule has 0 unspecified atom stereocenters. The molecule has 3 aromatic rings. The predicted octanol–water partition coefficient (Wildman–Crippen LogP) is 6.09. The first-order chi connectivity index (χ1) is 18.1. The first-order valence-corrected chi connectivity index (χ1v) is 12.6. The van der Waals surface area contributed by atoms with Crippen molar-refractivity contribution in [3.8, 4) is 5.75 Å². The number of alkyl halides is 3. The summed E-state index contributed by atoms with van der Waals surface area (Å²) in [5.74, 6) is 0.133. The van der Waals surface area contributed by atoms with Crippen molar-refractivity contribution in [2.24, 2.45) is 0 Å². The number of carbonyl (C=O) groups excluding carboxylic acids is 2. The van der Waals surface area contributed by atoms with Crippen molar-refractivity contribution >= 4 is 28.6 Å². The summed E-state index contributed by atoms with van der Waals surface area (Å²) >= 11 is 0. The largest absolute Gasteiger partial charge is 0.493 e. The van der Waals surface area contributed by atoms with Gasteiger partial charge in [0.05, 0.1) is 12.2 Å². The molecule has 10 heteroatoms. The van der Waals surface area contributed by atoms with Gasteiger partial charge in [-0.2, -0.15) is 13.2 Å². The molecule has 0 radical (unpaired) electrons. The van der Waals surface area contributed by atoms with E-state index < -0.39 is 17.4 Å². The van der Waals surface area contributed by atoms with E-state index in [2.05, 4.69) is 0 Å². The number of aryl methyl sites for hydroxylation is 2. The van der Waals surface area contributed by atoms with E-state index in [9.17, 15) is 27.6 Å². The molecule has 0 aliphatic carbocycles. The zero-order chi connectivity index (χ0) is 27.4. The predicted molar refractivity (Wildman–Crippen MR) is 136 cm³/mol. The molecule has 0 N–H and O–H groups in total. The molecule has 2 heterocycles. The number of amides is 3. The summed E-state index contributed by atoms with van der Waals surface area (Å²) in [7, 11) is 0. The molecule has 0 atom stereocenters. The molecule has 2 aromatic carbocycles. The standard InChI is InChI=1S/C28H29F3N2O5/c1-3-8-21-23(12-11-20-22(28(29,30)31)16-25(35)38-26(20)21)37-14-6-4-5-13-32-24(34)17-33(27(32)36)19-10-7-9-18(2)15-19/h7,9-12,15-16H,3-6,8,13-14,17H2,1-2H3. The van der Waals surface area contributed by atoms with E-state index in [-0.39, 0.29) is 36.1 Å². The van der Waals surface area contributed by atoms with E-state index in [1.54, 1.807) is 6.07 Å². The SMILES string of the molecule is CCCc1c(OCCCCCN2C(=O)CN(c3cccc(C)c3)C2=O)ccc2c(C(F)(F)F)cc(=O)oc12. The highest BCUT2D eigenvalue weighted by Crippen LogP contribution is 2.37. The number of benzene rings is 2. The van der Waals surface area contributed by atoms with Crippen LogP contribution in [0.2, 0.25) is 0 Å². The number of anilines is 1. The highest BCUT2D eigenvalue weighted by atomic mass is 19.4. The van der Waals surface area contributed by atoms with Crippen LogP contribution in [0.5, 0.6) is 5.75 Å². The molecule has 1 fully saturated rings. The van der Waals surface area contributed by atoms with Crippen LogP contribution in [0.25, 0.3) is 11.0 Å². The van der Waals surface area contributed by atoms with Gasteiger partial charge < -0.3 is 9.15 Å². The maximum absolute atomic E-state index is 13.5. The lowest BCUT2D eigenvalue weighted by molar-refractivity contribution is -0.136. The summed E-state index contributed by atoms with van der Waals surface area (Å²) in [4.78, 5) is 39.7. The normalized spacial score (nSPS) is 14.1. The molecule has 1 aromatic heterocycles. The third-order valence-electron chi connectivity index (χ3n) is 6.43. The van der Waals surface area contributed by atoms with Crippen LogP contribution in [0.3, 0.4) is 0 Å². The Morgan fingerprint density at radius 3 is 2.53 bits per heavy atom. The summed E-state index contributed by atoms with van der Waals surface area (Å²) < 4.78 is 51.4. The monoisotopic (exact) mass is 530 g/mol. The van der Waals surface area contributed by atoms with Crippen LogP contribution >= 0.6 is 0 Å². The number of ether oxygens (including phenoxy) is 1. The first kappa shape index (κ1) is 27.2. The lowest BCUT2D eigenvalue weighted by atomic mass is 10.0. The zero-order valence-electron chi connectivity index (χ0n) is 21.3. The number of imide groups is 1. The number of fused-ring (bicyclic) bond motifs is 1. The van der Waals surface area contributed by atoms with Gasteiger partial charge in [-0.1, -0.05) is 25.5 Å². The minimum atomic E-state index is -4.69. The van der Waals surface area contributed by atoms with Crippen molar-refractivity contribution in [3.05, 3.63) is 69.6 Å². The Hall–Kier alpha value is -3.82. The number of nitrogens with zero attached hydrogens (tertiary/aromatic N) is 2. The van der Waals surface area contributed by atoms with Gasteiger partial charge in [0, 0.05) is 29.2 Å². The number of hydrogen-bond acceptors (Lipinski definition) is 5. The number of hydrogen-bond donors (Lipinski definition) is 0. The third-order valence-corrected chi connectivity index (χ3v) is 6.43. The van der Waals surface area contributed by atoms with E-state index in [1.165, 1.54) is 21.9 Å². The molecule has 202 valence electrons. The first-order valence-electron chi connectivity index (χ1n) is 12.6. The lowest BCUT2D eigenvalue weighted by Gasteiger charge is -2.17. The summed E-state index contributed by atoms with van der Waals surface area (Å²) in [6.07, 6.45) is -1.82. The van der Waals surface area contributed by atoms with Gasteiger partial charge in [-0.15, -0.1) is 0 Å². The van der Waals surface area contributed by atoms with Crippen molar-refractivity contribution in [1.82, 2.24) is 4.90 Å². The van der Waals surface area contributed by atoms with Crippen LogP contribution in [0.4, 0.5) is 23.7 Å².